The number of piperidine rings is 1. The van der Waals surface area contributed by atoms with Gasteiger partial charge in [-0.3, -0.25) is 4.79 Å². The van der Waals surface area contributed by atoms with Crippen LogP contribution < -0.4 is 5.32 Å². The topological polar surface area (TPSA) is 50.2 Å². The number of amides is 1. The summed E-state index contributed by atoms with van der Waals surface area (Å²) in [4.78, 5) is 18.4. The van der Waals surface area contributed by atoms with E-state index in [9.17, 15) is 18.0 Å². The minimum absolute atomic E-state index is 0.0389. The van der Waals surface area contributed by atoms with E-state index < -0.39 is 24.9 Å². The summed E-state index contributed by atoms with van der Waals surface area (Å²) in [6.45, 7) is 2.09. The van der Waals surface area contributed by atoms with Crippen molar-refractivity contribution in [1.82, 2.24) is 19.8 Å². The zero-order chi connectivity index (χ0) is 17.4. The fourth-order valence-corrected chi connectivity index (χ4v) is 3.69. The predicted molar refractivity (Wildman–Crippen MR) is 82.0 cm³/mol. The van der Waals surface area contributed by atoms with Crippen LogP contribution in [0.3, 0.4) is 0 Å². The van der Waals surface area contributed by atoms with Crippen molar-refractivity contribution in [1.29, 1.82) is 0 Å². The molecular formula is C16H23F3N4O. The summed E-state index contributed by atoms with van der Waals surface area (Å²) in [5.74, 6) is 0.280. The Morgan fingerprint density at radius 3 is 2.75 bits per heavy atom. The Labute approximate surface area is 139 Å². The molecule has 1 atom stereocenters. The third kappa shape index (κ3) is 3.74. The molecule has 0 bridgehead atoms. The highest BCUT2D eigenvalue weighted by atomic mass is 19.4. The van der Waals surface area contributed by atoms with Gasteiger partial charge in [-0.25, -0.2) is 4.98 Å². The van der Waals surface area contributed by atoms with Crippen LogP contribution >= 0.6 is 0 Å². The first kappa shape index (κ1) is 17.3. The maximum absolute atomic E-state index is 12.5. The summed E-state index contributed by atoms with van der Waals surface area (Å²) in [5.41, 5.74) is 0.0876. The van der Waals surface area contributed by atoms with E-state index >= 15 is 0 Å². The van der Waals surface area contributed by atoms with Gasteiger partial charge in [-0.2, -0.15) is 13.2 Å². The SMILES string of the molecule is Cn1ccnc1CN(C(=O)CCC(F)(F)F)[C@@H]1CC12CCNCC2. The third-order valence-electron chi connectivity index (χ3n) is 5.30. The Balaban J connectivity index is 1.72. The van der Waals surface area contributed by atoms with Crippen LogP contribution in [-0.2, 0) is 18.4 Å². The van der Waals surface area contributed by atoms with Gasteiger partial charge in [-0.1, -0.05) is 0 Å². The number of carbonyl (C=O) groups is 1. The van der Waals surface area contributed by atoms with Crippen LogP contribution in [0.4, 0.5) is 13.2 Å². The molecule has 2 aliphatic rings. The Kier molecular flexibility index (Phi) is 4.59. The van der Waals surface area contributed by atoms with Crippen LogP contribution in [0.1, 0.15) is 37.9 Å². The second-order valence-electron chi connectivity index (χ2n) is 6.92. The molecule has 1 amide bonds. The fourth-order valence-electron chi connectivity index (χ4n) is 3.69. The van der Waals surface area contributed by atoms with Crippen molar-refractivity contribution < 1.29 is 18.0 Å². The van der Waals surface area contributed by atoms with Crippen molar-refractivity contribution in [2.75, 3.05) is 13.1 Å². The summed E-state index contributed by atoms with van der Waals surface area (Å²) in [7, 11) is 1.83. The van der Waals surface area contributed by atoms with Gasteiger partial charge < -0.3 is 14.8 Å². The first-order valence-corrected chi connectivity index (χ1v) is 8.34. The zero-order valence-electron chi connectivity index (χ0n) is 13.8. The zero-order valence-corrected chi connectivity index (χ0v) is 13.8. The number of carbonyl (C=O) groups excluding carboxylic acids is 1. The Hall–Kier alpha value is -1.57. The minimum Gasteiger partial charge on any atom is -0.337 e. The second-order valence-corrected chi connectivity index (χ2v) is 6.92. The Bertz CT molecular complexity index is 592. The van der Waals surface area contributed by atoms with E-state index in [1.165, 1.54) is 0 Å². The smallest absolute Gasteiger partial charge is 0.337 e. The fraction of sp³-hybridized carbons (Fsp3) is 0.750. The van der Waals surface area contributed by atoms with Gasteiger partial charge in [0.25, 0.3) is 0 Å². The van der Waals surface area contributed by atoms with Gasteiger partial charge >= 0.3 is 6.18 Å². The molecule has 0 unspecified atom stereocenters. The van der Waals surface area contributed by atoms with E-state index in [1.807, 2.05) is 11.6 Å². The largest absolute Gasteiger partial charge is 0.389 e. The molecule has 1 aliphatic heterocycles. The predicted octanol–water partition coefficient (Wildman–Crippen LogP) is 2.23. The number of hydrogen-bond donors (Lipinski definition) is 1. The molecular weight excluding hydrogens is 321 g/mol. The molecule has 1 aliphatic carbocycles. The van der Waals surface area contributed by atoms with Crippen molar-refractivity contribution in [3.8, 4) is 0 Å². The molecule has 2 heterocycles. The van der Waals surface area contributed by atoms with Gasteiger partial charge in [0, 0.05) is 31.9 Å². The molecule has 1 spiro atoms. The number of rotatable bonds is 5. The van der Waals surface area contributed by atoms with Crippen LogP contribution in [0.25, 0.3) is 0 Å². The van der Waals surface area contributed by atoms with E-state index in [2.05, 4.69) is 10.3 Å². The maximum atomic E-state index is 12.5. The maximum Gasteiger partial charge on any atom is 0.389 e. The van der Waals surface area contributed by atoms with Crippen molar-refractivity contribution in [2.45, 2.75) is 50.9 Å². The van der Waals surface area contributed by atoms with Gasteiger partial charge in [-0.15, -0.1) is 0 Å². The molecule has 24 heavy (non-hydrogen) atoms. The number of nitrogens with one attached hydrogen (secondary N) is 1. The Morgan fingerprint density at radius 2 is 2.17 bits per heavy atom. The number of aryl methyl sites for hydroxylation is 1. The number of hydrogen-bond acceptors (Lipinski definition) is 3. The molecule has 2 fully saturated rings. The van der Waals surface area contributed by atoms with Crippen molar-refractivity contribution in [3.63, 3.8) is 0 Å². The van der Waals surface area contributed by atoms with Crippen LogP contribution in [0.15, 0.2) is 12.4 Å². The molecule has 3 rings (SSSR count). The molecule has 1 aromatic rings. The van der Waals surface area contributed by atoms with Gasteiger partial charge in [0.15, 0.2) is 0 Å². The molecule has 8 heteroatoms. The molecule has 0 aromatic carbocycles. The molecule has 1 N–H and O–H groups in total. The second kappa shape index (κ2) is 6.38. The lowest BCUT2D eigenvalue weighted by molar-refractivity contribution is -0.150. The molecule has 134 valence electrons. The Morgan fingerprint density at radius 1 is 1.46 bits per heavy atom. The normalized spacial score (nSPS) is 22.6. The summed E-state index contributed by atoms with van der Waals surface area (Å²) in [6, 6.07) is 0.0389. The average Bonchev–Trinajstić information content (AvgIpc) is 3.03. The van der Waals surface area contributed by atoms with Crippen molar-refractivity contribution >= 4 is 5.91 Å². The molecule has 1 aromatic heterocycles. The van der Waals surface area contributed by atoms with Crippen LogP contribution in [0.5, 0.6) is 0 Å². The minimum atomic E-state index is -4.31. The highest BCUT2D eigenvalue weighted by molar-refractivity contribution is 5.77. The van der Waals surface area contributed by atoms with Gasteiger partial charge in [0.1, 0.15) is 5.82 Å². The quantitative estimate of drug-likeness (QED) is 0.891. The lowest BCUT2D eigenvalue weighted by Crippen LogP contribution is -2.39. The molecule has 1 saturated heterocycles. The van der Waals surface area contributed by atoms with Crippen LogP contribution in [0.2, 0.25) is 0 Å². The number of aromatic nitrogens is 2. The highest BCUT2D eigenvalue weighted by Crippen LogP contribution is 2.56. The first-order chi connectivity index (χ1) is 11.3. The molecule has 1 saturated carbocycles. The van der Waals surface area contributed by atoms with Crippen molar-refractivity contribution in [3.05, 3.63) is 18.2 Å². The van der Waals surface area contributed by atoms with Gasteiger partial charge in [0.2, 0.25) is 5.91 Å². The van der Waals surface area contributed by atoms with Crippen LogP contribution in [0, 0.1) is 5.41 Å². The standard InChI is InChI=1S/C16H23F3N4O/c1-22-9-8-21-13(22)11-23(14(24)2-3-16(17,18)19)12-10-15(12)4-6-20-7-5-15/h8-9,12,20H,2-7,10-11H2,1H3/t12-/m1/s1. The van der Waals surface area contributed by atoms with Crippen molar-refractivity contribution in [2.24, 2.45) is 12.5 Å². The molecule has 0 radical (unpaired) electrons. The van der Waals surface area contributed by atoms with Crippen LogP contribution in [-0.4, -0.2) is 45.7 Å². The number of halogens is 3. The lowest BCUT2D eigenvalue weighted by Gasteiger charge is -2.29. The van der Waals surface area contributed by atoms with E-state index in [0.717, 1.165) is 32.4 Å². The molecule has 5 nitrogen and oxygen atoms in total. The average molecular weight is 344 g/mol. The first-order valence-electron chi connectivity index (χ1n) is 8.34. The number of nitrogens with zero attached hydrogens (tertiary/aromatic N) is 3. The number of imidazole rings is 1. The summed E-state index contributed by atoms with van der Waals surface area (Å²) in [5, 5.41) is 3.30. The summed E-state index contributed by atoms with van der Waals surface area (Å²) < 4.78 is 39.3. The van der Waals surface area contributed by atoms with E-state index in [4.69, 9.17) is 0 Å². The van der Waals surface area contributed by atoms with E-state index in [0.29, 0.717) is 5.82 Å². The lowest BCUT2D eigenvalue weighted by atomic mass is 9.93. The summed E-state index contributed by atoms with van der Waals surface area (Å²) >= 11 is 0. The van der Waals surface area contributed by atoms with Gasteiger partial charge in [-0.05, 0) is 37.8 Å². The van der Waals surface area contributed by atoms with E-state index in [-0.39, 0.29) is 18.0 Å². The number of alkyl halides is 3. The van der Waals surface area contributed by atoms with E-state index in [1.54, 1.807) is 17.3 Å². The van der Waals surface area contributed by atoms with Gasteiger partial charge in [0.05, 0.1) is 13.0 Å². The summed E-state index contributed by atoms with van der Waals surface area (Å²) in [6.07, 6.45) is 0.394. The third-order valence-corrected chi connectivity index (χ3v) is 5.30. The monoisotopic (exact) mass is 344 g/mol. The highest BCUT2D eigenvalue weighted by Gasteiger charge is 2.57.